The molecule has 0 bridgehead atoms. The molecule has 1 aliphatic heterocycles. The van der Waals surface area contributed by atoms with Crippen molar-refractivity contribution in [3.05, 3.63) is 29.8 Å². The third-order valence-corrected chi connectivity index (χ3v) is 3.07. The summed E-state index contributed by atoms with van der Waals surface area (Å²) in [6.07, 6.45) is 3.18. The Morgan fingerprint density at radius 1 is 1.53 bits per heavy atom. The molecule has 2 rings (SSSR count). The van der Waals surface area contributed by atoms with Gasteiger partial charge in [0.25, 0.3) is 0 Å². The first-order chi connectivity index (χ1) is 8.25. The first kappa shape index (κ1) is 12.4. The van der Waals surface area contributed by atoms with E-state index in [2.05, 4.69) is 0 Å². The van der Waals surface area contributed by atoms with Gasteiger partial charge in [-0.15, -0.1) is 0 Å². The Kier molecular flexibility index (Phi) is 4.40. The van der Waals surface area contributed by atoms with Gasteiger partial charge in [0.2, 0.25) is 0 Å². The van der Waals surface area contributed by atoms with Crippen LogP contribution >= 0.6 is 0 Å². The van der Waals surface area contributed by atoms with Crippen LogP contribution in [0.3, 0.4) is 0 Å². The second kappa shape index (κ2) is 6.03. The predicted octanol–water partition coefficient (Wildman–Crippen LogP) is 2.69. The zero-order valence-electron chi connectivity index (χ0n) is 10.3. The maximum atomic E-state index is 9.47. The molecule has 1 aromatic rings. The lowest BCUT2D eigenvalue weighted by atomic mass is 10.1. The van der Waals surface area contributed by atoms with E-state index >= 15 is 0 Å². The van der Waals surface area contributed by atoms with Gasteiger partial charge in [-0.1, -0.05) is 12.1 Å². The van der Waals surface area contributed by atoms with Gasteiger partial charge in [0, 0.05) is 13.0 Å². The Balaban J connectivity index is 1.79. The highest BCUT2D eigenvalue weighted by Crippen LogP contribution is 2.20. The summed E-state index contributed by atoms with van der Waals surface area (Å²) in [4.78, 5) is 0. The summed E-state index contributed by atoms with van der Waals surface area (Å²) in [6, 6.07) is 7.61. The van der Waals surface area contributed by atoms with Crippen LogP contribution in [0.5, 0.6) is 5.75 Å². The minimum atomic E-state index is -0.447. The first-order valence-electron chi connectivity index (χ1n) is 6.28. The lowest BCUT2D eigenvalue weighted by molar-refractivity contribution is 0.0903. The molecule has 2 atom stereocenters. The van der Waals surface area contributed by atoms with Crippen LogP contribution in [0.2, 0.25) is 0 Å². The van der Waals surface area contributed by atoms with Gasteiger partial charge in [-0.2, -0.15) is 0 Å². The second-order valence-corrected chi connectivity index (χ2v) is 4.52. The number of aliphatic hydroxyl groups is 1. The summed E-state index contributed by atoms with van der Waals surface area (Å²) in [5.41, 5.74) is 0.889. The predicted molar refractivity (Wildman–Crippen MR) is 66.2 cm³/mol. The summed E-state index contributed by atoms with van der Waals surface area (Å²) >= 11 is 0. The third kappa shape index (κ3) is 3.72. The van der Waals surface area contributed by atoms with E-state index in [9.17, 15) is 5.11 Å². The quantitative estimate of drug-likeness (QED) is 0.854. The fraction of sp³-hybridized carbons (Fsp3) is 0.571. The van der Waals surface area contributed by atoms with Gasteiger partial charge in [0.05, 0.1) is 18.8 Å². The van der Waals surface area contributed by atoms with Crippen LogP contribution < -0.4 is 4.74 Å². The van der Waals surface area contributed by atoms with Gasteiger partial charge >= 0.3 is 0 Å². The van der Waals surface area contributed by atoms with Gasteiger partial charge in [-0.3, -0.25) is 0 Å². The molecule has 1 N–H and O–H groups in total. The van der Waals surface area contributed by atoms with E-state index < -0.39 is 6.10 Å². The van der Waals surface area contributed by atoms with Crippen LogP contribution in [0.1, 0.15) is 37.9 Å². The standard InChI is InChI=1S/C14H20O3/c1-11(15)12-4-2-5-14(10-12)17-9-7-13-6-3-8-16-13/h2,4-5,10-11,13,15H,3,6-9H2,1H3/t11-,13?/m1/s1. The molecule has 3 heteroatoms. The minimum Gasteiger partial charge on any atom is -0.493 e. The average Bonchev–Trinajstić information content (AvgIpc) is 2.82. The van der Waals surface area contributed by atoms with Crippen molar-refractivity contribution in [1.29, 1.82) is 0 Å². The molecule has 0 aromatic heterocycles. The highest BCUT2D eigenvalue weighted by Gasteiger charge is 2.15. The highest BCUT2D eigenvalue weighted by atomic mass is 16.5. The van der Waals surface area contributed by atoms with Gasteiger partial charge in [-0.25, -0.2) is 0 Å². The Hall–Kier alpha value is -1.06. The van der Waals surface area contributed by atoms with E-state index in [4.69, 9.17) is 9.47 Å². The van der Waals surface area contributed by atoms with Crippen LogP contribution in [-0.4, -0.2) is 24.4 Å². The van der Waals surface area contributed by atoms with Crippen molar-refractivity contribution < 1.29 is 14.6 Å². The largest absolute Gasteiger partial charge is 0.493 e. The van der Waals surface area contributed by atoms with Crippen LogP contribution in [0.15, 0.2) is 24.3 Å². The highest BCUT2D eigenvalue weighted by molar-refractivity contribution is 5.29. The summed E-state index contributed by atoms with van der Waals surface area (Å²) in [5, 5.41) is 9.47. The number of benzene rings is 1. The molecular formula is C14H20O3. The molecule has 1 aromatic carbocycles. The monoisotopic (exact) mass is 236 g/mol. The van der Waals surface area contributed by atoms with E-state index in [-0.39, 0.29) is 0 Å². The van der Waals surface area contributed by atoms with Crippen molar-refractivity contribution in [2.24, 2.45) is 0 Å². The van der Waals surface area contributed by atoms with Crippen molar-refractivity contribution in [3.8, 4) is 5.75 Å². The first-order valence-corrected chi connectivity index (χ1v) is 6.28. The minimum absolute atomic E-state index is 0.370. The lowest BCUT2D eigenvalue weighted by Gasteiger charge is -2.12. The van der Waals surface area contributed by atoms with Gasteiger partial charge in [-0.05, 0) is 37.5 Å². The zero-order valence-corrected chi connectivity index (χ0v) is 10.3. The maximum absolute atomic E-state index is 9.47. The molecule has 0 radical (unpaired) electrons. The molecule has 1 saturated heterocycles. The van der Waals surface area contributed by atoms with E-state index in [0.717, 1.165) is 30.8 Å². The zero-order chi connectivity index (χ0) is 12.1. The van der Waals surface area contributed by atoms with Crippen molar-refractivity contribution >= 4 is 0 Å². The van der Waals surface area contributed by atoms with E-state index in [1.807, 2.05) is 24.3 Å². The van der Waals surface area contributed by atoms with E-state index in [1.165, 1.54) is 6.42 Å². The van der Waals surface area contributed by atoms with Crippen LogP contribution in [-0.2, 0) is 4.74 Å². The Morgan fingerprint density at radius 3 is 3.12 bits per heavy atom. The molecule has 94 valence electrons. The summed E-state index contributed by atoms with van der Waals surface area (Å²) < 4.78 is 11.2. The number of aliphatic hydroxyl groups excluding tert-OH is 1. The normalized spacial score (nSPS) is 21.4. The van der Waals surface area contributed by atoms with Crippen molar-refractivity contribution in [2.45, 2.75) is 38.4 Å². The number of hydrogen-bond donors (Lipinski definition) is 1. The Labute approximate surface area is 102 Å². The Morgan fingerprint density at radius 2 is 2.41 bits per heavy atom. The van der Waals surface area contributed by atoms with Gasteiger partial charge in [0.15, 0.2) is 0 Å². The van der Waals surface area contributed by atoms with Gasteiger partial charge < -0.3 is 14.6 Å². The van der Waals surface area contributed by atoms with E-state index in [1.54, 1.807) is 6.92 Å². The Bertz CT molecular complexity index is 343. The number of rotatable bonds is 5. The van der Waals surface area contributed by atoms with Gasteiger partial charge in [0.1, 0.15) is 5.75 Å². The van der Waals surface area contributed by atoms with Crippen LogP contribution in [0.4, 0.5) is 0 Å². The molecule has 1 heterocycles. The van der Waals surface area contributed by atoms with Crippen LogP contribution in [0.25, 0.3) is 0 Å². The topological polar surface area (TPSA) is 38.7 Å². The molecule has 17 heavy (non-hydrogen) atoms. The molecule has 1 aliphatic rings. The van der Waals surface area contributed by atoms with E-state index in [0.29, 0.717) is 12.7 Å². The molecule has 0 amide bonds. The fourth-order valence-corrected chi connectivity index (χ4v) is 2.04. The molecule has 3 nitrogen and oxygen atoms in total. The second-order valence-electron chi connectivity index (χ2n) is 4.52. The van der Waals surface area contributed by atoms with Crippen molar-refractivity contribution in [1.82, 2.24) is 0 Å². The molecule has 0 saturated carbocycles. The third-order valence-electron chi connectivity index (χ3n) is 3.07. The molecule has 1 unspecified atom stereocenters. The summed E-state index contributed by atoms with van der Waals surface area (Å²) in [7, 11) is 0. The lowest BCUT2D eigenvalue weighted by Crippen LogP contribution is -2.10. The van der Waals surface area contributed by atoms with Crippen molar-refractivity contribution in [2.75, 3.05) is 13.2 Å². The molecule has 1 fully saturated rings. The summed E-state index contributed by atoms with van der Waals surface area (Å²) in [5.74, 6) is 0.821. The SMILES string of the molecule is C[C@@H](O)c1cccc(OCCC2CCCO2)c1. The smallest absolute Gasteiger partial charge is 0.119 e. The molecule has 0 aliphatic carbocycles. The summed E-state index contributed by atoms with van der Waals surface area (Å²) in [6.45, 7) is 3.32. The molecule has 0 spiro atoms. The average molecular weight is 236 g/mol. The van der Waals surface area contributed by atoms with Crippen molar-refractivity contribution in [3.63, 3.8) is 0 Å². The number of hydrogen-bond acceptors (Lipinski definition) is 3. The number of ether oxygens (including phenoxy) is 2. The fourth-order valence-electron chi connectivity index (χ4n) is 2.04. The van der Waals surface area contributed by atoms with Crippen LogP contribution in [0, 0.1) is 0 Å². The maximum Gasteiger partial charge on any atom is 0.119 e. The molecular weight excluding hydrogens is 216 g/mol.